The normalized spacial score (nSPS) is 28.8. The highest BCUT2D eigenvalue weighted by atomic mass is 16.4. The molecule has 0 saturated heterocycles. The molecule has 1 heterocycles. The zero-order chi connectivity index (χ0) is 10.6. The molecule has 0 spiro atoms. The molecule has 76 valence electrons. The summed E-state index contributed by atoms with van der Waals surface area (Å²) in [6.45, 7) is 4.02. The van der Waals surface area contributed by atoms with E-state index in [4.69, 9.17) is 0 Å². The number of hydrogen-bond donors (Lipinski definition) is 1. The Kier molecular flexibility index (Phi) is 1.60. The van der Waals surface area contributed by atoms with Crippen molar-refractivity contribution in [3.05, 3.63) is 24.0 Å². The lowest BCUT2D eigenvalue weighted by atomic mass is 9.92. The van der Waals surface area contributed by atoms with E-state index in [9.17, 15) is 9.90 Å². The lowest BCUT2D eigenvalue weighted by molar-refractivity contribution is -0.141. The van der Waals surface area contributed by atoms with Gasteiger partial charge in [-0.25, -0.2) is 0 Å². The minimum absolute atomic E-state index is 0.120. The van der Waals surface area contributed by atoms with E-state index < -0.39 is 11.4 Å². The van der Waals surface area contributed by atoms with Crippen molar-refractivity contribution in [2.75, 3.05) is 0 Å². The highest BCUT2D eigenvalue weighted by molar-refractivity contribution is 5.86. The Morgan fingerprint density at radius 3 is 2.43 bits per heavy atom. The smallest absolute Gasteiger partial charge is 0.316 e. The Balaban J connectivity index is 2.52. The maximum Gasteiger partial charge on any atom is 0.316 e. The molecule has 1 fully saturated rings. The monoisotopic (exact) mass is 193 g/mol. The Morgan fingerprint density at radius 1 is 1.57 bits per heavy atom. The lowest BCUT2D eigenvalue weighted by Gasteiger charge is -2.16. The Bertz CT molecular complexity index is 392. The molecule has 1 aromatic heterocycles. The summed E-state index contributed by atoms with van der Waals surface area (Å²) in [7, 11) is 1.90. The van der Waals surface area contributed by atoms with Gasteiger partial charge in [0.05, 0.1) is 0 Å². The highest BCUT2D eigenvalue weighted by Gasteiger charge is 2.68. The molecule has 1 atom stereocenters. The molecule has 0 radical (unpaired) electrons. The van der Waals surface area contributed by atoms with Gasteiger partial charge in [-0.3, -0.25) is 4.79 Å². The number of aliphatic carboxylic acids is 1. The second-order valence-electron chi connectivity index (χ2n) is 4.78. The first-order chi connectivity index (χ1) is 6.42. The zero-order valence-corrected chi connectivity index (χ0v) is 8.74. The summed E-state index contributed by atoms with van der Waals surface area (Å²) < 4.78 is 1.91. The van der Waals surface area contributed by atoms with Crippen molar-refractivity contribution >= 4 is 5.97 Å². The molecule has 0 amide bonds. The molecule has 3 nitrogen and oxygen atoms in total. The van der Waals surface area contributed by atoms with Crippen molar-refractivity contribution in [1.82, 2.24) is 4.57 Å². The number of carboxylic acid groups (broad SMARTS) is 1. The van der Waals surface area contributed by atoms with E-state index in [0.29, 0.717) is 0 Å². The van der Waals surface area contributed by atoms with Crippen molar-refractivity contribution in [2.45, 2.75) is 25.7 Å². The molecule has 1 unspecified atom stereocenters. The van der Waals surface area contributed by atoms with Gasteiger partial charge < -0.3 is 9.67 Å². The number of carbonyl (C=O) groups is 1. The minimum atomic E-state index is -0.704. The summed E-state index contributed by atoms with van der Waals surface area (Å²) in [6.07, 6.45) is 2.63. The highest BCUT2D eigenvalue weighted by Crippen LogP contribution is 2.64. The van der Waals surface area contributed by atoms with Gasteiger partial charge in [0.15, 0.2) is 0 Å². The lowest BCUT2D eigenvalue weighted by Crippen LogP contribution is -2.27. The standard InChI is InChI=1S/C11H15NO2/c1-10(2)7-11(10,9(13)14)8-5-4-6-12(8)3/h4-6H,7H2,1-3H3,(H,13,14). The molecule has 1 aliphatic rings. The van der Waals surface area contributed by atoms with Crippen LogP contribution in [0.3, 0.4) is 0 Å². The average Bonchev–Trinajstić information content (AvgIpc) is 2.44. The molecule has 1 aliphatic carbocycles. The van der Waals surface area contributed by atoms with Crippen LogP contribution in [-0.2, 0) is 17.3 Å². The van der Waals surface area contributed by atoms with Gasteiger partial charge in [0.25, 0.3) is 0 Å². The third-order valence-corrected chi connectivity index (χ3v) is 3.48. The largest absolute Gasteiger partial charge is 0.481 e. The Morgan fingerprint density at radius 2 is 2.14 bits per heavy atom. The molecular weight excluding hydrogens is 178 g/mol. The molecule has 1 aromatic rings. The van der Waals surface area contributed by atoms with Gasteiger partial charge in [-0.05, 0) is 24.0 Å². The van der Waals surface area contributed by atoms with Crippen LogP contribution in [0.25, 0.3) is 0 Å². The first-order valence-corrected chi connectivity index (χ1v) is 4.77. The van der Waals surface area contributed by atoms with Crippen LogP contribution < -0.4 is 0 Å². The number of aromatic nitrogens is 1. The van der Waals surface area contributed by atoms with Crippen LogP contribution in [0.4, 0.5) is 0 Å². The second kappa shape index (κ2) is 2.41. The van der Waals surface area contributed by atoms with Crippen LogP contribution in [-0.4, -0.2) is 15.6 Å². The third-order valence-electron chi connectivity index (χ3n) is 3.48. The summed E-state index contributed by atoms with van der Waals surface area (Å²) >= 11 is 0. The molecule has 0 aliphatic heterocycles. The topological polar surface area (TPSA) is 42.2 Å². The van der Waals surface area contributed by atoms with Crippen molar-refractivity contribution in [2.24, 2.45) is 12.5 Å². The van der Waals surface area contributed by atoms with Gasteiger partial charge in [0, 0.05) is 18.9 Å². The molecule has 3 heteroatoms. The van der Waals surface area contributed by atoms with E-state index in [1.807, 2.05) is 43.8 Å². The van der Waals surface area contributed by atoms with E-state index >= 15 is 0 Å². The molecule has 1 saturated carbocycles. The molecule has 0 aromatic carbocycles. The van der Waals surface area contributed by atoms with E-state index in [-0.39, 0.29) is 5.41 Å². The molecule has 1 N–H and O–H groups in total. The second-order valence-corrected chi connectivity index (χ2v) is 4.78. The van der Waals surface area contributed by atoms with E-state index in [1.54, 1.807) is 0 Å². The number of carboxylic acids is 1. The molecule has 2 rings (SSSR count). The summed E-state index contributed by atoms with van der Waals surface area (Å²) in [5.41, 5.74) is 0.130. The summed E-state index contributed by atoms with van der Waals surface area (Å²) in [5, 5.41) is 9.32. The predicted octanol–water partition coefficient (Wildman–Crippen LogP) is 1.78. The van der Waals surface area contributed by atoms with Crippen LogP contribution in [0.5, 0.6) is 0 Å². The van der Waals surface area contributed by atoms with Crippen molar-refractivity contribution in [3.63, 3.8) is 0 Å². The predicted molar refractivity (Wildman–Crippen MR) is 53.1 cm³/mol. The van der Waals surface area contributed by atoms with Crippen LogP contribution in [0, 0.1) is 5.41 Å². The van der Waals surface area contributed by atoms with E-state index in [0.717, 1.165) is 12.1 Å². The van der Waals surface area contributed by atoms with Gasteiger partial charge in [-0.2, -0.15) is 0 Å². The van der Waals surface area contributed by atoms with E-state index in [2.05, 4.69) is 0 Å². The van der Waals surface area contributed by atoms with Gasteiger partial charge >= 0.3 is 5.97 Å². The SMILES string of the molecule is Cn1cccc1C1(C(=O)O)CC1(C)C. The van der Waals surface area contributed by atoms with E-state index in [1.165, 1.54) is 0 Å². The summed E-state index contributed by atoms with van der Waals surface area (Å²) in [4.78, 5) is 11.3. The maximum absolute atomic E-state index is 11.3. The zero-order valence-electron chi connectivity index (χ0n) is 8.74. The molecular formula is C11H15NO2. The van der Waals surface area contributed by atoms with Gasteiger partial charge in [0.2, 0.25) is 0 Å². The Hall–Kier alpha value is -1.25. The number of nitrogens with zero attached hydrogens (tertiary/aromatic N) is 1. The van der Waals surface area contributed by atoms with Gasteiger partial charge in [-0.15, -0.1) is 0 Å². The molecule has 14 heavy (non-hydrogen) atoms. The fourth-order valence-corrected chi connectivity index (χ4v) is 2.44. The number of hydrogen-bond acceptors (Lipinski definition) is 1. The fraction of sp³-hybridized carbons (Fsp3) is 0.545. The van der Waals surface area contributed by atoms with Crippen molar-refractivity contribution in [1.29, 1.82) is 0 Å². The van der Waals surface area contributed by atoms with Crippen LogP contribution >= 0.6 is 0 Å². The molecule has 0 bridgehead atoms. The van der Waals surface area contributed by atoms with Crippen molar-refractivity contribution < 1.29 is 9.90 Å². The number of rotatable bonds is 2. The van der Waals surface area contributed by atoms with Crippen LogP contribution in [0.2, 0.25) is 0 Å². The van der Waals surface area contributed by atoms with Gasteiger partial charge in [-0.1, -0.05) is 13.8 Å². The fourth-order valence-electron chi connectivity index (χ4n) is 2.44. The van der Waals surface area contributed by atoms with Crippen LogP contribution in [0.15, 0.2) is 18.3 Å². The van der Waals surface area contributed by atoms with Crippen LogP contribution in [0.1, 0.15) is 26.0 Å². The van der Waals surface area contributed by atoms with Crippen molar-refractivity contribution in [3.8, 4) is 0 Å². The third kappa shape index (κ3) is 0.897. The maximum atomic E-state index is 11.3. The Labute approximate surface area is 83.4 Å². The first kappa shape index (κ1) is 9.31. The summed E-state index contributed by atoms with van der Waals surface area (Å²) in [6, 6.07) is 3.80. The number of aryl methyl sites for hydroxylation is 1. The average molecular weight is 193 g/mol. The quantitative estimate of drug-likeness (QED) is 0.777. The first-order valence-electron chi connectivity index (χ1n) is 4.77. The summed E-state index contributed by atoms with van der Waals surface area (Å²) in [5.74, 6) is -0.704. The van der Waals surface area contributed by atoms with Gasteiger partial charge in [0.1, 0.15) is 5.41 Å². The minimum Gasteiger partial charge on any atom is -0.481 e.